The summed E-state index contributed by atoms with van der Waals surface area (Å²) in [6.45, 7) is 5.92. The van der Waals surface area contributed by atoms with Gasteiger partial charge in [-0.15, -0.1) is 6.58 Å². The van der Waals surface area contributed by atoms with Crippen LogP contribution in [0.5, 0.6) is 0 Å². The van der Waals surface area contributed by atoms with E-state index < -0.39 is 0 Å². The molecule has 0 fully saturated rings. The van der Waals surface area contributed by atoms with Crippen molar-refractivity contribution in [3.8, 4) is 0 Å². The summed E-state index contributed by atoms with van der Waals surface area (Å²) in [5.41, 5.74) is 0. The van der Waals surface area contributed by atoms with Gasteiger partial charge in [-0.1, -0.05) is 43.0 Å². The average molecular weight is 260 g/mol. The first-order valence-electron chi connectivity index (χ1n) is 6.61. The zero-order chi connectivity index (χ0) is 12.8. The Bertz CT molecular complexity index is 513. The minimum absolute atomic E-state index is 1.03. The molecule has 0 aliphatic rings. The van der Waals surface area contributed by atoms with Gasteiger partial charge in [-0.05, 0) is 31.1 Å². The van der Waals surface area contributed by atoms with E-state index in [9.17, 15) is 0 Å². The lowest BCUT2D eigenvalue weighted by molar-refractivity contribution is 0.432. The van der Waals surface area contributed by atoms with E-state index in [0.717, 1.165) is 29.4 Å². The summed E-state index contributed by atoms with van der Waals surface area (Å²) >= 11 is 1.79. The molecule has 0 bridgehead atoms. The van der Waals surface area contributed by atoms with E-state index >= 15 is 0 Å². The lowest BCUT2D eigenvalue weighted by atomic mass is 10.1. The van der Waals surface area contributed by atoms with Crippen molar-refractivity contribution in [2.45, 2.75) is 37.7 Å². The van der Waals surface area contributed by atoms with E-state index in [1.807, 2.05) is 6.08 Å². The van der Waals surface area contributed by atoms with Gasteiger partial charge in [-0.3, -0.25) is 0 Å². The Hall–Kier alpha value is -1.15. The summed E-state index contributed by atoms with van der Waals surface area (Å²) in [7, 11) is 0. The van der Waals surface area contributed by atoms with Gasteiger partial charge in [-0.2, -0.15) is 0 Å². The maximum atomic E-state index is 6.02. The molecule has 2 rings (SSSR count). The number of rotatable bonds is 7. The third kappa shape index (κ3) is 2.99. The number of thioether (sulfide) groups is 1. The highest BCUT2D eigenvalue weighted by atomic mass is 32.2. The molecule has 0 saturated carbocycles. The molecular formula is C16H20OS. The molecule has 18 heavy (non-hydrogen) atoms. The Morgan fingerprint density at radius 1 is 1.22 bits per heavy atom. The van der Waals surface area contributed by atoms with E-state index in [0.29, 0.717) is 0 Å². The van der Waals surface area contributed by atoms with Gasteiger partial charge in [0.05, 0.1) is 0 Å². The van der Waals surface area contributed by atoms with Crippen LogP contribution in [0.15, 0.2) is 46.4 Å². The number of hydrogen-bond donors (Lipinski definition) is 0. The van der Waals surface area contributed by atoms with Crippen molar-refractivity contribution in [3.05, 3.63) is 42.7 Å². The Labute approximate surface area is 113 Å². The SMILES string of the molecule is C=CCCCCc1oc(SCC)c2ccccc12. The molecule has 1 heterocycles. The van der Waals surface area contributed by atoms with Crippen LogP contribution in [0.3, 0.4) is 0 Å². The van der Waals surface area contributed by atoms with Gasteiger partial charge < -0.3 is 4.42 Å². The zero-order valence-electron chi connectivity index (χ0n) is 10.9. The number of benzene rings is 1. The molecule has 1 nitrogen and oxygen atoms in total. The summed E-state index contributed by atoms with van der Waals surface area (Å²) in [5, 5.41) is 3.63. The molecule has 0 unspecified atom stereocenters. The predicted molar refractivity (Wildman–Crippen MR) is 80.4 cm³/mol. The van der Waals surface area contributed by atoms with Crippen molar-refractivity contribution in [1.82, 2.24) is 0 Å². The first-order chi connectivity index (χ1) is 8.86. The van der Waals surface area contributed by atoms with Crippen LogP contribution in [-0.4, -0.2) is 5.75 Å². The average Bonchev–Trinajstić information content (AvgIpc) is 2.74. The molecular weight excluding hydrogens is 240 g/mol. The smallest absolute Gasteiger partial charge is 0.168 e. The number of hydrogen-bond acceptors (Lipinski definition) is 2. The van der Waals surface area contributed by atoms with E-state index in [1.54, 1.807) is 11.8 Å². The van der Waals surface area contributed by atoms with Gasteiger partial charge in [-0.25, -0.2) is 0 Å². The minimum atomic E-state index is 1.03. The normalized spacial score (nSPS) is 10.9. The molecule has 0 N–H and O–H groups in total. The molecule has 2 aromatic rings. The number of furan rings is 1. The summed E-state index contributed by atoms with van der Waals surface area (Å²) in [6.07, 6.45) is 6.46. The monoisotopic (exact) mass is 260 g/mol. The van der Waals surface area contributed by atoms with Crippen LogP contribution in [-0.2, 0) is 6.42 Å². The molecule has 0 aliphatic heterocycles. The van der Waals surface area contributed by atoms with E-state index in [4.69, 9.17) is 4.42 Å². The fraction of sp³-hybridized carbons (Fsp3) is 0.375. The van der Waals surface area contributed by atoms with Crippen molar-refractivity contribution in [1.29, 1.82) is 0 Å². The third-order valence-electron chi connectivity index (χ3n) is 3.00. The highest BCUT2D eigenvalue weighted by Crippen LogP contribution is 2.33. The molecule has 1 aromatic carbocycles. The fourth-order valence-electron chi connectivity index (χ4n) is 2.12. The van der Waals surface area contributed by atoms with Gasteiger partial charge >= 0.3 is 0 Å². The van der Waals surface area contributed by atoms with Crippen LogP contribution in [0.2, 0.25) is 0 Å². The van der Waals surface area contributed by atoms with Gasteiger partial charge in [0.15, 0.2) is 5.09 Å². The second kappa shape index (κ2) is 6.69. The van der Waals surface area contributed by atoms with E-state index in [-0.39, 0.29) is 0 Å². The first kappa shape index (κ1) is 13.3. The van der Waals surface area contributed by atoms with Gasteiger partial charge in [0.25, 0.3) is 0 Å². The lowest BCUT2D eigenvalue weighted by Gasteiger charge is -1.97. The molecule has 96 valence electrons. The zero-order valence-corrected chi connectivity index (χ0v) is 11.8. The molecule has 0 atom stereocenters. The van der Waals surface area contributed by atoms with Crippen LogP contribution in [0.1, 0.15) is 31.9 Å². The fourth-order valence-corrected chi connectivity index (χ4v) is 2.88. The highest BCUT2D eigenvalue weighted by molar-refractivity contribution is 7.99. The summed E-state index contributed by atoms with van der Waals surface area (Å²) < 4.78 is 6.02. The van der Waals surface area contributed by atoms with Crippen LogP contribution in [0, 0.1) is 0 Å². The quantitative estimate of drug-likeness (QED) is 0.373. The van der Waals surface area contributed by atoms with Crippen molar-refractivity contribution >= 4 is 22.5 Å². The summed E-state index contributed by atoms with van der Waals surface area (Å²) in [4.78, 5) is 0. The van der Waals surface area contributed by atoms with Crippen LogP contribution in [0.25, 0.3) is 10.8 Å². The van der Waals surface area contributed by atoms with Crippen molar-refractivity contribution in [2.24, 2.45) is 0 Å². The Morgan fingerprint density at radius 2 is 2.00 bits per heavy atom. The number of allylic oxidation sites excluding steroid dienone is 1. The highest BCUT2D eigenvalue weighted by Gasteiger charge is 2.11. The van der Waals surface area contributed by atoms with Crippen LogP contribution in [0.4, 0.5) is 0 Å². The minimum Gasteiger partial charge on any atom is -0.454 e. The van der Waals surface area contributed by atoms with Crippen molar-refractivity contribution < 1.29 is 4.42 Å². The molecule has 0 saturated heterocycles. The summed E-state index contributed by atoms with van der Waals surface area (Å²) in [5.74, 6) is 2.19. The largest absolute Gasteiger partial charge is 0.454 e. The second-order valence-corrected chi connectivity index (χ2v) is 5.56. The molecule has 0 amide bonds. The maximum absolute atomic E-state index is 6.02. The molecule has 1 aromatic heterocycles. The third-order valence-corrected chi connectivity index (χ3v) is 3.85. The molecule has 0 spiro atoms. The topological polar surface area (TPSA) is 13.1 Å². The Balaban J connectivity index is 2.18. The van der Waals surface area contributed by atoms with Gasteiger partial charge in [0.2, 0.25) is 0 Å². The van der Waals surface area contributed by atoms with Gasteiger partial charge in [0, 0.05) is 17.2 Å². The second-order valence-electron chi connectivity index (χ2n) is 4.33. The molecule has 0 aliphatic carbocycles. The predicted octanol–water partition coefficient (Wildman–Crippen LogP) is 5.44. The number of fused-ring (bicyclic) bond motifs is 1. The molecule has 0 radical (unpaired) electrons. The van der Waals surface area contributed by atoms with Crippen molar-refractivity contribution in [2.75, 3.05) is 5.75 Å². The maximum Gasteiger partial charge on any atom is 0.168 e. The van der Waals surface area contributed by atoms with Crippen LogP contribution >= 0.6 is 11.8 Å². The lowest BCUT2D eigenvalue weighted by Crippen LogP contribution is -1.82. The van der Waals surface area contributed by atoms with E-state index in [2.05, 4.69) is 37.8 Å². The van der Waals surface area contributed by atoms with Crippen LogP contribution < -0.4 is 0 Å². The number of aryl methyl sites for hydroxylation is 1. The van der Waals surface area contributed by atoms with Crippen molar-refractivity contribution in [3.63, 3.8) is 0 Å². The Kier molecular flexibility index (Phi) is 4.94. The summed E-state index contributed by atoms with van der Waals surface area (Å²) in [6, 6.07) is 8.50. The van der Waals surface area contributed by atoms with Gasteiger partial charge in [0.1, 0.15) is 5.76 Å². The first-order valence-corrected chi connectivity index (χ1v) is 7.59. The molecule has 2 heteroatoms. The Morgan fingerprint density at radius 3 is 2.72 bits per heavy atom. The van der Waals surface area contributed by atoms with E-state index in [1.165, 1.54) is 23.6 Å². The number of unbranched alkanes of at least 4 members (excludes halogenated alkanes) is 2. The standard InChI is InChI=1S/C16H20OS/c1-3-5-6-7-12-15-13-10-8-9-11-14(13)16(17-15)18-4-2/h3,8-11H,1,4-7,12H2,2H3.